The highest BCUT2D eigenvalue weighted by Crippen LogP contribution is 2.71. The van der Waals surface area contributed by atoms with Crippen molar-refractivity contribution in [2.24, 2.45) is 52.3 Å². The van der Waals surface area contributed by atoms with E-state index in [4.69, 9.17) is 37.9 Å². The Balaban J connectivity index is 0.897. The van der Waals surface area contributed by atoms with Crippen LogP contribution in [0.2, 0.25) is 0 Å². The van der Waals surface area contributed by atoms with Crippen molar-refractivity contribution < 1.29 is 78.7 Å². The maximum absolute atomic E-state index is 12.0. The predicted molar refractivity (Wildman–Crippen MR) is 213 cm³/mol. The van der Waals surface area contributed by atoms with Gasteiger partial charge in [0, 0.05) is 12.3 Å². The van der Waals surface area contributed by atoms with Crippen LogP contribution in [-0.4, -0.2) is 164 Å². The molecule has 5 unspecified atom stereocenters. The van der Waals surface area contributed by atoms with E-state index >= 15 is 0 Å². The second kappa shape index (κ2) is 16.9. The Kier molecular flexibility index (Phi) is 12.6. The van der Waals surface area contributed by atoms with Crippen molar-refractivity contribution in [1.29, 1.82) is 0 Å². The molecule has 16 heteroatoms. The van der Waals surface area contributed by atoms with E-state index in [0.717, 1.165) is 58.0 Å². The summed E-state index contributed by atoms with van der Waals surface area (Å²) in [5.74, 6) is 3.27. The highest BCUT2D eigenvalue weighted by Gasteiger charge is 2.69. The molecular formula is C45H74O16. The van der Waals surface area contributed by atoms with Gasteiger partial charge in [-0.2, -0.15) is 0 Å². The van der Waals surface area contributed by atoms with Gasteiger partial charge in [-0.25, -0.2) is 0 Å². The van der Waals surface area contributed by atoms with Crippen LogP contribution in [0.4, 0.5) is 0 Å². The fourth-order valence-corrected chi connectivity index (χ4v) is 14.6. The van der Waals surface area contributed by atoms with Gasteiger partial charge in [-0.3, -0.25) is 0 Å². The largest absolute Gasteiger partial charge is 0.394 e. The Labute approximate surface area is 359 Å². The molecule has 8 N–H and O–H groups in total. The van der Waals surface area contributed by atoms with Gasteiger partial charge in [-0.15, -0.1) is 0 Å². The van der Waals surface area contributed by atoms with Crippen LogP contribution >= 0.6 is 0 Å². The van der Waals surface area contributed by atoms with Gasteiger partial charge in [-0.1, -0.05) is 27.7 Å². The number of fused-ring (bicyclic) bond motifs is 7. The van der Waals surface area contributed by atoms with Crippen molar-refractivity contribution in [3.8, 4) is 0 Å². The molecule has 9 rings (SSSR count). The van der Waals surface area contributed by atoms with Crippen LogP contribution < -0.4 is 0 Å². The average molecular weight is 871 g/mol. The standard InChI is InChI=1S/C45H74O16/c1-19-9-14-45(54-18-19)20(2)30-28(61-45)16-27-25-8-7-23-15-24(10-12-43(23,5)26(25)11-13-44(27,30)6)57-42-39(60-41-36(52)34(50)32(48)22(4)56-41)37(53)38(29(17-46)58-42)59-40-35(51)33(49)31(47)21(3)55-40/h19-42,46-53H,7-18H2,1-6H3/t19-,20+,21+,22+,23+,24+,25?,26?,27?,28?,29-,30?,31+,32+,33-,34-,35-,36-,37+,38-,39-,40+,41+,42-,43+,44+,45-/m1/s1. The Morgan fingerprint density at radius 1 is 0.590 bits per heavy atom. The first-order valence-corrected chi connectivity index (χ1v) is 23.5. The summed E-state index contributed by atoms with van der Waals surface area (Å²) in [6.45, 7) is 12.9. The topological polar surface area (TPSA) is 236 Å². The molecule has 27 atom stereocenters. The molecule has 16 nitrogen and oxygen atoms in total. The van der Waals surface area contributed by atoms with Gasteiger partial charge in [0.1, 0.15) is 61.0 Å². The van der Waals surface area contributed by atoms with Gasteiger partial charge < -0.3 is 78.7 Å². The van der Waals surface area contributed by atoms with Crippen LogP contribution in [0.15, 0.2) is 0 Å². The van der Waals surface area contributed by atoms with Gasteiger partial charge in [0.05, 0.1) is 37.6 Å². The zero-order chi connectivity index (χ0) is 43.5. The first-order chi connectivity index (χ1) is 28.9. The molecule has 5 saturated heterocycles. The van der Waals surface area contributed by atoms with Crippen LogP contribution in [0.5, 0.6) is 0 Å². The first kappa shape index (κ1) is 45.5. The summed E-state index contributed by atoms with van der Waals surface area (Å²) in [6.07, 6.45) is -11.0. The van der Waals surface area contributed by atoms with Crippen molar-refractivity contribution >= 4 is 0 Å². The van der Waals surface area contributed by atoms with Crippen molar-refractivity contribution in [1.82, 2.24) is 0 Å². The molecule has 4 saturated carbocycles. The third kappa shape index (κ3) is 7.50. The molecule has 0 aromatic rings. The molecule has 61 heavy (non-hydrogen) atoms. The van der Waals surface area contributed by atoms with Crippen molar-refractivity contribution in [3.63, 3.8) is 0 Å². The molecule has 0 radical (unpaired) electrons. The molecule has 0 aromatic heterocycles. The Morgan fingerprint density at radius 2 is 1.23 bits per heavy atom. The molecule has 350 valence electrons. The summed E-state index contributed by atoms with van der Waals surface area (Å²) < 4.78 is 50.3. The van der Waals surface area contributed by atoms with E-state index in [9.17, 15) is 40.9 Å². The van der Waals surface area contributed by atoms with E-state index in [1.54, 1.807) is 0 Å². The maximum atomic E-state index is 12.0. The lowest BCUT2D eigenvalue weighted by Gasteiger charge is -2.61. The van der Waals surface area contributed by atoms with Crippen LogP contribution in [0.25, 0.3) is 0 Å². The number of rotatable bonds is 7. The molecule has 0 aromatic carbocycles. The summed E-state index contributed by atoms with van der Waals surface area (Å²) in [7, 11) is 0. The minimum absolute atomic E-state index is 0.122. The summed E-state index contributed by atoms with van der Waals surface area (Å²) in [5, 5.41) is 85.9. The normalized spacial score (nSPS) is 59.7. The minimum atomic E-state index is -1.70. The van der Waals surface area contributed by atoms with Gasteiger partial charge in [0.25, 0.3) is 0 Å². The highest BCUT2D eigenvalue weighted by atomic mass is 16.8. The van der Waals surface area contributed by atoms with Crippen molar-refractivity contribution in [3.05, 3.63) is 0 Å². The smallest absolute Gasteiger partial charge is 0.187 e. The SMILES string of the molecule is C[C@@H]1CC[C@@]2(OC1)OC1CC3C4CC[C@H]5C[C@@H](O[C@@H]6O[C@H](CO)[C@@H](O[C@@H]7O[C@@H](C)[C@H](O)[C@@H](O)[C@H]7O)[C@H](O)[C@H]6O[C@@H]6O[C@@H](C)[C@H](O)[C@@H](O)[C@H]6O)CC[C@]5(C)C4CC[C@]3(C)C1[C@@H]2C. The lowest BCUT2D eigenvalue weighted by molar-refractivity contribution is -0.389. The molecule has 9 aliphatic rings. The Morgan fingerprint density at radius 3 is 1.85 bits per heavy atom. The van der Waals surface area contributed by atoms with E-state index in [-0.39, 0.29) is 23.0 Å². The summed E-state index contributed by atoms with van der Waals surface area (Å²) in [5.41, 5.74) is 0.350. The van der Waals surface area contributed by atoms with Crippen LogP contribution in [-0.2, 0) is 37.9 Å². The summed E-state index contributed by atoms with van der Waals surface area (Å²) >= 11 is 0. The van der Waals surface area contributed by atoms with Gasteiger partial charge in [-0.05, 0) is 118 Å². The molecule has 5 heterocycles. The van der Waals surface area contributed by atoms with Gasteiger partial charge in [0.15, 0.2) is 24.7 Å². The van der Waals surface area contributed by atoms with Gasteiger partial charge >= 0.3 is 0 Å². The predicted octanol–water partition coefficient (Wildman–Crippen LogP) is 1.32. The first-order valence-electron chi connectivity index (χ1n) is 23.5. The maximum Gasteiger partial charge on any atom is 0.187 e. The molecule has 0 amide bonds. The zero-order valence-electron chi connectivity index (χ0n) is 36.7. The van der Waals surface area contributed by atoms with E-state index in [1.165, 1.54) is 26.7 Å². The number of hydrogen-bond acceptors (Lipinski definition) is 16. The molecule has 9 fully saturated rings. The van der Waals surface area contributed by atoms with E-state index < -0.39 is 105 Å². The number of ether oxygens (including phenoxy) is 8. The minimum Gasteiger partial charge on any atom is -0.394 e. The number of hydrogen-bond donors (Lipinski definition) is 8. The van der Waals surface area contributed by atoms with Gasteiger partial charge in [0.2, 0.25) is 0 Å². The summed E-state index contributed by atoms with van der Waals surface area (Å²) in [6, 6.07) is 0. The van der Waals surface area contributed by atoms with E-state index in [2.05, 4.69) is 27.7 Å². The zero-order valence-corrected chi connectivity index (χ0v) is 36.7. The second-order valence-corrected chi connectivity index (χ2v) is 21.5. The highest BCUT2D eigenvalue weighted by molar-refractivity contribution is 5.15. The van der Waals surface area contributed by atoms with Crippen molar-refractivity contribution in [2.75, 3.05) is 13.2 Å². The third-order valence-electron chi connectivity index (χ3n) is 18.2. The molecule has 0 bridgehead atoms. The van der Waals surface area contributed by atoms with E-state index in [1.807, 2.05) is 0 Å². The molecule has 1 spiro atoms. The third-order valence-corrected chi connectivity index (χ3v) is 18.2. The number of aliphatic hydroxyl groups excluding tert-OH is 8. The fraction of sp³-hybridized carbons (Fsp3) is 1.00. The van der Waals surface area contributed by atoms with Crippen LogP contribution in [0, 0.1) is 52.3 Å². The van der Waals surface area contributed by atoms with E-state index in [0.29, 0.717) is 41.4 Å². The second-order valence-electron chi connectivity index (χ2n) is 21.5. The Hall–Kier alpha value is -0.640. The molecule has 5 aliphatic heterocycles. The molecular weight excluding hydrogens is 796 g/mol. The lowest BCUT2D eigenvalue weighted by atomic mass is 9.44. The summed E-state index contributed by atoms with van der Waals surface area (Å²) in [4.78, 5) is 0. The van der Waals surface area contributed by atoms with Crippen LogP contribution in [0.3, 0.4) is 0 Å². The lowest BCUT2D eigenvalue weighted by Crippen LogP contribution is -2.66. The number of aliphatic hydroxyl groups is 8. The monoisotopic (exact) mass is 870 g/mol. The van der Waals surface area contributed by atoms with Crippen molar-refractivity contribution in [2.45, 2.75) is 216 Å². The molecule has 4 aliphatic carbocycles. The fourth-order valence-electron chi connectivity index (χ4n) is 14.6. The Bertz CT molecular complexity index is 1530. The van der Waals surface area contributed by atoms with Crippen LogP contribution in [0.1, 0.15) is 106 Å². The average Bonchev–Trinajstić information content (AvgIpc) is 3.69. The quantitative estimate of drug-likeness (QED) is 0.169.